The number of morpholine rings is 1. The van der Waals surface area contributed by atoms with Crippen LogP contribution >= 0.6 is 0 Å². The molecule has 1 atom stereocenters. The van der Waals surface area contributed by atoms with Crippen molar-refractivity contribution in [2.75, 3.05) is 19.7 Å². The Labute approximate surface area is 151 Å². The fourth-order valence-electron chi connectivity index (χ4n) is 3.27. The van der Waals surface area contributed by atoms with Gasteiger partial charge in [-0.25, -0.2) is 15.0 Å². The van der Waals surface area contributed by atoms with Crippen molar-refractivity contribution >= 4 is 11.6 Å². The number of fused-ring (bicyclic) bond motifs is 1. The first-order chi connectivity index (χ1) is 12.7. The first-order valence-electron chi connectivity index (χ1n) is 8.81. The molecule has 26 heavy (non-hydrogen) atoms. The monoisotopic (exact) mass is 351 g/mol. The topological polar surface area (TPSA) is 72.6 Å². The summed E-state index contributed by atoms with van der Waals surface area (Å²) in [6.45, 7) is 3.72. The summed E-state index contributed by atoms with van der Waals surface area (Å²) in [5, 5.41) is 0. The Kier molecular flexibility index (Phi) is 4.62. The van der Waals surface area contributed by atoms with Gasteiger partial charge in [0.05, 0.1) is 12.7 Å². The molecule has 1 amide bonds. The third kappa shape index (κ3) is 3.43. The zero-order chi connectivity index (χ0) is 17.9. The van der Waals surface area contributed by atoms with Crippen LogP contribution in [0.4, 0.5) is 0 Å². The van der Waals surface area contributed by atoms with E-state index in [1.54, 1.807) is 12.5 Å². The Morgan fingerprint density at radius 2 is 2.27 bits per heavy atom. The number of carbonyl (C=O) groups is 1. The lowest BCUT2D eigenvalue weighted by Crippen LogP contribution is -2.45. The predicted octanol–water partition coefficient (Wildman–Crippen LogP) is 1.91. The van der Waals surface area contributed by atoms with E-state index in [1.807, 2.05) is 46.7 Å². The second-order valence-corrected chi connectivity index (χ2v) is 6.50. The lowest BCUT2D eigenvalue weighted by molar-refractivity contribution is -0.0248. The number of amides is 1. The lowest BCUT2D eigenvalue weighted by Gasteiger charge is -2.32. The summed E-state index contributed by atoms with van der Waals surface area (Å²) in [6, 6.07) is 7.77. The van der Waals surface area contributed by atoms with E-state index in [4.69, 9.17) is 4.74 Å². The maximum Gasteiger partial charge on any atom is 0.274 e. The average molecular weight is 351 g/mol. The molecular weight excluding hydrogens is 330 g/mol. The van der Waals surface area contributed by atoms with Crippen molar-refractivity contribution in [1.29, 1.82) is 0 Å². The van der Waals surface area contributed by atoms with E-state index in [-0.39, 0.29) is 12.0 Å². The number of aryl methyl sites for hydroxylation is 2. The molecule has 1 aliphatic heterocycles. The van der Waals surface area contributed by atoms with Crippen molar-refractivity contribution in [3.63, 3.8) is 0 Å². The van der Waals surface area contributed by atoms with Gasteiger partial charge in [0.1, 0.15) is 17.7 Å². The molecule has 0 aliphatic carbocycles. The van der Waals surface area contributed by atoms with Crippen LogP contribution in [0.5, 0.6) is 0 Å². The number of nitrogens with zero attached hydrogens (tertiary/aromatic N) is 5. The molecule has 0 saturated carbocycles. The van der Waals surface area contributed by atoms with Crippen molar-refractivity contribution in [3.8, 4) is 0 Å². The molecule has 0 bridgehead atoms. The smallest absolute Gasteiger partial charge is 0.274 e. The van der Waals surface area contributed by atoms with E-state index in [0.29, 0.717) is 25.4 Å². The SMILES string of the molecule is Cc1cccc2nc(C(=O)N3CCO[C@H](CCc4ccncn4)C3)cn12. The van der Waals surface area contributed by atoms with Gasteiger partial charge in [0.25, 0.3) is 5.91 Å². The summed E-state index contributed by atoms with van der Waals surface area (Å²) in [7, 11) is 0. The molecule has 0 aromatic carbocycles. The van der Waals surface area contributed by atoms with E-state index in [2.05, 4.69) is 15.0 Å². The molecule has 1 fully saturated rings. The second-order valence-electron chi connectivity index (χ2n) is 6.50. The lowest BCUT2D eigenvalue weighted by atomic mass is 10.1. The van der Waals surface area contributed by atoms with E-state index >= 15 is 0 Å². The number of aromatic nitrogens is 4. The van der Waals surface area contributed by atoms with E-state index in [9.17, 15) is 4.79 Å². The largest absolute Gasteiger partial charge is 0.375 e. The molecule has 0 radical (unpaired) electrons. The van der Waals surface area contributed by atoms with Gasteiger partial charge in [0.2, 0.25) is 0 Å². The minimum atomic E-state index is -0.0385. The van der Waals surface area contributed by atoms with Crippen LogP contribution in [-0.2, 0) is 11.2 Å². The van der Waals surface area contributed by atoms with Gasteiger partial charge in [0, 0.05) is 36.9 Å². The zero-order valence-electron chi connectivity index (χ0n) is 14.7. The molecule has 4 heterocycles. The maximum atomic E-state index is 12.9. The second kappa shape index (κ2) is 7.21. The molecule has 3 aromatic heterocycles. The van der Waals surface area contributed by atoms with Gasteiger partial charge in [-0.1, -0.05) is 6.07 Å². The minimum absolute atomic E-state index is 0.0152. The van der Waals surface area contributed by atoms with Gasteiger partial charge in [-0.2, -0.15) is 0 Å². The summed E-state index contributed by atoms with van der Waals surface area (Å²) in [4.78, 5) is 27.4. The number of imidazole rings is 1. The van der Waals surface area contributed by atoms with Crippen molar-refractivity contribution in [2.45, 2.75) is 25.9 Å². The number of ether oxygens (including phenoxy) is 1. The van der Waals surface area contributed by atoms with Crippen molar-refractivity contribution in [1.82, 2.24) is 24.3 Å². The Bertz CT molecular complexity index is 909. The maximum absolute atomic E-state index is 12.9. The highest BCUT2D eigenvalue weighted by molar-refractivity contribution is 5.93. The van der Waals surface area contributed by atoms with Gasteiger partial charge < -0.3 is 14.0 Å². The number of hydrogen-bond acceptors (Lipinski definition) is 5. The standard InChI is InChI=1S/C19H21N5O2/c1-14-3-2-4-18-22-17(12-24(14)18)19(25)23-9-10-26-16(11-23)6-5-15-7-8-20-13-21-15/h2-4,7-8,12-13,16H,5-6,9-11H2,1H3/t16-/m1/s1. The van der Waals surface area contributed by atoms with Gasteiger partial charge in [-0.15, -0.1) is 0 Å². The Hall–Kier alpha value is -2.80. The quantitative estimate of drug-likeness (QED) is 0.718. The molecule has 7 nitrogen and oxygen atoms in total. The molecule has 0 spiro atoms. The summed E-state index contributed by atoms with van der Waals surface area (Å²) in [5.41, 5.74) is 3.32. The average Bonchev–Trinajstić information content (AvgIpc) is 3.13. The van der Waals surface area contributed by atoms with Gasteiger partial charge in [-0.3, -0.25) is 4.79 Å². The van der Waals surface area contributed by atoms with Crippen LogP contribution in [0.3, 0.4) is 0 Å². The number of rotatable bonds is 4. The summed E-state index contributed by atoms with van der Waals surface area (Å²) < 4.78 is 7.78. The summed E-state index contributed by atoms with van der Waals surface area (Å²) >= 11 is 0. The number of carbonyl (C=O) groups excluding carboxylic acids is 1. The van der Waals surface area contributed by atoms with Crippen molar-refractivity contribution < 1.29 is 9.53 Å². The van der Waals surface area contributed by atoms with Crippen LogP contribution < -0.4 is 0 Å². The fourth-order valence-corrected chi connectivity index (χ4v) is 3.27. The molecular formula is C19H21N5O2. The normalized spacial score (nSPS) is 17.6. The van der Waals surface area contributed by atoms with E-state index in [1.165, 1.54) is 0 Å². The predicted molar refractivity (Wildman–Crippen MR) is 95.9 cm³/mol. The molecule has 0 N–H and O–H groups in total. The molecule has 7 heteroatoms. The van der Waals surface area contributed by atoms with E-state index in [0.717, 1.165) is 29.9 Å². The van der Waals surface area contributed by atoms with E-state index < -0.39 is 0 Å². The first-order valence-corrected chi connectivity index (χ1v) is 8.81. The van der Waals surface area contributed by atoms with Crippen LogP contribution in [-0.4, -0.2) is 56.0 Å². The number of hydrogen-bond donors (Lipinski definition) is 0. The molecule has 3 aromatic rings. The fraction of sp³-hybridized carbons (Fsp3) is 0.368. The summed E-state index contributed by atoms with van der Waals surface area (Å²) in [6.07, 6.45) is 6.76. The number of pyridine rings is 1. The molecule has 0 unspecified atom stereocenters. The Morgan fingerprint density at radius 3 is 3.08 bits per heavy atom. The Balaban J connectivity index is 1.43. The molecule has 134 valence electrons. The molecule has 1 aliphatic rings. The molecule has 1 saturated heterocycles. The van der Waals surface area contributed by atoms with Gasteiger partial charge in [-0.05, 0) is 38.0 Å². The Morgan fingerprint density at radius 1 is 1.35 bits per heavy atom. The third-order valence-corrected chi connectivity index (χ3v) is 4.71. The first kappa shape index (κ1) is 16.7. The van der Waals surface area contributed by atoms with Crippen molar-refractivity contribution in [3.05, 3.63) is 60.1 Å². The van der Waals surface area contributed by atoms with Gasteiger partial charge in [0.15, 0.2) is 0 Å². The van der Waals surface area contributed by atoms with Crippen LogP contribution in [0.2, 0.25) is 0 Å². The highest BCUT2D eigenvalue weighted by Gasteiger charge is 2.26. The van der Waals surface area contributed by atoms with Crippen LogP contribution in [0.25, 0.3) is 5.65 Å². The highest BCUT2D eigenvalue weighted by atomic mass is 16.5. The van der Waals surface area contributed by atoms with Gasteiger partial charge >= 0.3 is 0 Å². The van der Waals surface area contributed by atoms with Crippen molar-refractivity contribution in [2.24, 2.45) is 0 Å². The van der Waals surface area contributed by atoms with Crippen LogP contribution in [0, 0.1) is 6.92 Å². The molecule has 4 rings (SSSR count). The minimum Gasteiger partial charge on any atom is -0.375 e. The van der Waals surface area contributed by atoms with Crippen LogP contribution in [0.15, 0.2) is 43.0 Å². The summed E-state index contributed by atoms with van der Waals surface area (Å²) in [5.74, 6) is -0.0385. The zero-order valence-corrected chi connectivity index (χ0v) is 14.7. The third-order valence-electron chi connectivity index (χ3n) is 4.71. The van der Waals surface area contributed by atoms with Crippen LogP contribution in [0.1, 0.15) is 28.3 Å². The highest BCUT2D eigenvalue weighted by Crippen LogP contribution is 2.15.